The van der Waals surface area contributed by atoms with E-state index in [0.29, 0.717) is 19.3 Å². The molecule has 20 heavy (non-hydrogen) atoms. The fourth-order valence-electron chi connectivity index (χ4n) is 1.67. The third-order valence-corrected chi connectivity index (χ3v) is 3.17. The van der Waals surface area contributed by atoms with Gasteiger partial charge in [0.25, 0.3) is 0 Å². The number of halogens is 1. The summed E-state index contributed by atoms with van der Waals surface area (Å²) in [6.45, 7) is 6.77. The SMILES string of the molecule is CC(C)OCCC[NH2+]C[C@@H](O)COc1cccc(Br)c1. The molecule has 1 aromatic carbocycles. The highest BCUT2D eigenvalue weighted by molar-refractivity contribution is 9.10. The largest absolute Gasteiger partial charge is 0.491 e. The number of nitrogens with two attached hydrogens (primary N) is 1. The highest BCUT2D eigenvalue weighted by Gasteiger charge is 2.07. The Morgan fingerprint density at radius 1 is 1.35 bits per heavy atom. The summed E-state index contributed by atoms with van der Waals surface area (Å²) in [5.74, 6) is 0.767. The van der Waals surface area contributed by atoms with Crippen LogP contribution in [0.4, 0.5) is 0 Å². The summed E-state index contributed by atoms with van der Waals surface area (Å²) < 4.78 is 12.0. The molecule has 0 aliphatic carbocycles. The van der Waals surface area contributed by atoms with Crippen molar-refractivity contribution in [1.29, 1.82) is 0 Å². The molecule has 0 aliphatic rings. The Bertz CT molecular complexity index is 374. The quantitative estimate of drug-likeness (QED) is 0.632. The molecule has 3 N–H and O–H groups in total. The summed E-state index contributed by atoms with van der Waals surface area (Å²) in [5, 5.41) is 11.9. The highest BCUT2D eigenvalue weighted by Crippen LogP contribution is 2.17. The molecule has 0 heterocycles. The van der Waals surface area contributed by atoms with Crippen molar-refractivity contribution in [3.8, 4) is 5.75 Å². The van der Waals surface area contributed by atoms with Crippen molar-refractivity contribution in [1.82, 2.24) is 0 Å². The van der Waals surface area contributed by atoms with Gasteiger partial charge in [-0.3, -0.25) is 0 Å². The molecule has 0 saturated carbocycles. The van der Waals surface area contributed by atoms with Gasteiger partial charge in [-0.15, -0.1) is 0 Å². The zero-order chi connectivity index (χ0) is 14.8. The van der Waals surface area contributed by atoms with Gasteiger partial charge >= 0.3 is 0 Å². The summed E-state index contributed by atoms with van der Waals surface area (Å²) in [6, 6.07) is 7.62. The van der Waals surface area contributed by atoms with Crippen LogP contribution >= 0.6 is 15.9 Å². The molecule has 0 radical (unpaired) electrons. The minimum absolute atomic E-state index is 0.291. The fourth-order valence-corrected chi connectivity index (χ4v) is 2.05. The monoisotopic (exact) mass is 346 g/mol. The Kier molecular flexibility index (Phi) is 8.85. The van der Waals surface area contributed by atoms with E-state index in [4.69, 9.17) is 9.47 Å². The first-order valence-corrected chi connectivity index (χ1v) is 7.87. The molecule has 5 heteroatoms. The molecule has 1 atom stereocenters. The van der Waals surface area contributed by atoms with Crippen molar-refractivity contribution < 1.29 is 19.9 Å². The predicted molar refractivity (Wildman–Crippen MR) is 83.0 cm³/mol. The van der Waals surface area contributed by atoms with E-state index in [1.807, 2.05) is 38.1 Å². The molecule has 114 valence electrons. The van der Waals surface area contributed by atoms with Gasteiger partial charge in [0, 0.05) is 10.9 Å². The lowest BCUT2D eigenvalue weighted by molar-refractivity contribution is -0.661. The molecule has 0 fully saturated rings. The van der Waals surface area contributed by atoms with Gasteiger partial charge in [-0.05, 0) is 32.0 Å². The van der Waals surface area contributed by atoms with Crippen molar-refractivity contribution in [2.75, 3.05) is 26.3 Å². The van der Waals surface area contributed by atoms with Crippen LogP contribution in [-0.4, -0.2) is 43.6 Å². The van der Waals surface area contributed by atoms with Crippen molar-refractivity contribution >= 4 is 15.9 Å². The van der Waals surface area contributed by atoms with Gasteiger partial charge in [0.1, 0.15) is 25.0 Å². The summed E-state index contributed by atoms with van der Waals surface area (Å²) in [5.41, 5.74) is 0. The van der Waals surface area contributed by atoms with Crippen LogP contribution in [0.25, 0.3) is 0 Å². The molecule has 0 unspecified atom stereocenters. The summed E-state index contributed by atoms with van der Waals surface area (Å²) in [7, 11) is 0. The molecule has 0 saturated heterocycles. The Balaban J connectivity index is 2.04. The van der Waals surface area contributed by atoms with E-state index in [1.165, 1.54) is 0 Å². The Hall–Kier alpha value is -0.620. The number of rotatable bonds is 10. The van der Waals surface area contributed by atoms with Crippen LogP contribution in [0.2, 0.25) is 0 Å². The molecular formula is C15H25BrNO3+. The summed E-state index contributed by atoms with van der Waals surface area (Å²) in [4.78, 5) is 0. The first kappa shape index (κ1) is 17.4. The van der Waals surface area contributed by atoms with Crippen LogP contribution in [0.1, 0.15) is 20.3 Å². The molecular weight excluding hydrogens is 322 g/mol. The van der Waals surface area contributed by atoms with Crippen molar-refractivity contribution in [2.24, 2.45) is 0 Å². The third-order valence-electron chi connectivity index (χ3n) is 2.68. The Morgan fingerprint density at radius 3 is 2.85 bits per heavy atom. The molecule has 0 amide bonds. The first-order chi connectivity index (χ1) is 9.58. The maximum Gasteiger partial charge on any atom is 0.137 e. The van der Waals surface area contributed by atoms with Crippen molar-refractivity contribution in [3.63, 3.8) is 0 Å². The van der Waals surface area contributed by atoms with Gasteiger partial charge in [-0.1, -0.05) is 22.0 Å². The second-order valence-electron chi connectivity index (χ2n) is 5.01. The maximum atomic E-state index is 9.83. The lowest BCUT2D eigenvalue weighted by atomic mass is 10.3. The van der Waals surface area contributed by atoms with Crippen LogP contribution in [0.3, 0.4) is 0 Å². The van der Waals surface area contributed by atoms with Crippen molar-refractivity contribution in [2.45, 2.75) is 32.5 Å². The summed E-state index contributed by atoms with van der Waals surface area (Å²) >= 11 is 3.38. The smallest absolute Gasteiger partial charge is 0.137 e. The van der Waals surface area contributed by atoms with Gasteiger partial charge < -0.3 is 19.9 Å². The number of hydrogen-bond acceptors (Lipinski definition) is 3. The van der Waals surface area contributed by atoms with E-state index >= 15 is 0 Å². The lowest BCUT2D eigenvalue weighted by Gasteiger charge is -2.12. The lowest BCUT2D eigenvalue weighted by Crippen LogP contribution is -2.86. The van der Waals surface area contributed by atoms with E-state index in [2.05, 4.69) is 21.2 Å². The molecule has 1 aromatic rings. The van der Waals surface area contributed by atoms with Crippen LogP contribution in [-0.2, 0) is 4.74 Å². The van der Waals surface area contributed by atoms with Gasteiger partial charge in [-0.2, -0.15) is 0 Å². The zero-order valence-corrected chi connectivity index (χ0v) is 13.8. The Labute approximate surface area is 129 Å². The van der Waals surface area contributed by atoms with Crippen LogP contribution in [0.15, 0.2) is 28.7 Å². The van der Waals surface area contributed by atoms with Gasteiger partial charge in [0.15, 0.2) is 0 Å². The topological polar surface area (TPSA) is 55.3 Å². The number of benzene rings is 1. The zero-order valence-electron chi connectivity index (χ0n) is 12.2. The third kappa shape index (κ3) is 8.53. The molecule has 1 rings (SSSR count). The normalized spacial score (nSPS) is 12.7. The fraction of sp³-hybridized carbons (Fsp3) is 0.600. The van der Waals surface area contributed by atoms with Crippen molar-refractivity contribution in [3.05, 3.63) is 28.7 Å². The average Bonchev–Trinajstić information content (AvgIpc) is 2.40. The standard InChI is InChI=1S/C15H24BrNO3/c1-12(2)19-8-4-7-17-10-14(18)11-20-15-6-3-5-13(16)9-15/h3,5-6,9,12,14,17-18H,4,7-8,10-11H2,1-2H3/p+1/t14-/m1/s1. The average molecular weight is 347 g/mol. The van der Waals surface area contributed by atoms with Gasteiger partial charge in [0.05, 0.1) is 19.3 Å². The van der Waals surface area contributed by atoms with Crippen LogP contribution in [0.5, 0.6) is 5.75 Å². The van der Waals surface area contributed by atoms with Gasteiger partial charge in [0.2, 0.25) is 0 Å². The number of aliphatic hydroxyl groups excluding tert-OH is 1. The minimum atomic E-state index is -0.458. The Morgan fingerprint density at radius 2 is 2.15 bits per heavy atom. The highest BCUT2D eigenvalue weighted by atomic mass is 79.9. The van der Waals surface area contributed by atoms with Gasteiger partial charge in [-0.25, -0.2) is 0 Å². The van der Waals surface area contributed by atoms with E-state index in [0.717, 1.165) is 29.8 Å². The summed E-state index contributed by atoms with van der Waals surface area (Å²) in [6.07, 6.45) is 0.830. The molecule has 0 spiro atoms. The second-order valence-corrected chi connectivity index (χ2v) is 5.92. The van der Waals surface area contributed by atoms with E-state index in [1.54, 1.807) is 0 Å². The maximum absolute atomic E-state index is 9.83. The first-order valence-electron chi connectivity index (χ1n) is 7.07. The van der Waals surface area contributed by atoms with Crippen LogP contribution < -0.4 is 10.1 Å². The second kappa shape index (κ2) is 10.2. The number of hydrogen-bond donors (Lipinski definition) is 2. The molecule has 0 aliphatic heterocycles. The van der Waals surface area contributed by atoms with E-state index < -0.39 is 6.10 Å². The number of ether oxygens (including phenoxy) is 2. The molecule has 0 aromatic heterocycles. The van der Waals surface area contributed by atoms with E-state index in [9.17, 15) is 5.11 Å². The minimum Gasteiger partial charge on any atom is -0.491 e. The molecule has 4 nitrogen and oxygen atoms in total. The van der Waals surface area contributed by atoms with Crippen LogP contribution in [0, 0.1) is 0 Å². The number of quaternary nitrogens is 1. The number of aliphatic hydroxyl groups is 1. The predicted octanol–water partition coefficient (Wildman–Crippen LogP) is 1.57. The van der Waals surface area contributed by atoms with E-state index in [-0.39, 0.29) is 0 Å². The molecule has 0 bridgehead atoms.